The van der Waals surface area contributed by atoms with Gasteiger partial charge in [-0.2, -0.15) is 15.4 Å². The van der Waals surface area contributed by atoms with Crippen molar-refractivity contribution in [2.75, 3.05) is 0 Å². The van der Waals surface area contributed by atoms with E-state index in [1.54, 1.807) is 0 Å². The van der Waals surface area contributed by atoms with Crippen molar-refractivity contribution in [2.45, 2.75) is 13.8 Å². The van der Waals surface area contributed by atoms with E-state index < -0.39 is 0 Å². The van der Waals surface area contributed by atoms with Crippen LogP contribution >= 0.6 is 11.6 Å². The third kappa shape index (κ3) is 2.85. The van der Waals surface area contributed by atoms with Crippen LogP contribution in [-0.2, 0) is 0 Å². The summed E-state index contributed by atoms with van der Waals surface area (Å²) in [6.07, 6.45) is 0. The van der Waals surface area contributed by atoms with Crippen LogP contribution in [0.4, 0.5) is 0 Å². The van der Waals surface area contributed by atoms with Gasteiger partial charge in [0.05, 0.1) is 5.02 Å². The zero-order chi connectivity index (χ0) is 14.8. The van der Waals surface area contributed by atoms with Crippen molar-refractivity contribution in [1.29, 1.82) is 0 Å². The van der Waals surface area contributed by atoms with Gasteiger partial charge in [0, 0.05) is 0 Å². The topological polar surface area (TPSA) is 80.5 Å². The number of H-pyrrole nitrogens is 1. The standard InChI is InChI=1S/C7H5ClN2O.C7H7N3/c1-4-2-5(8)7-6(3-4)9-11-10-7;1-5-2-3-6-7(4-5)9-10-8-6/h2-3H,1H3;2-4H,1H3,(H,8,9,10). The molecular weight excluding hydrogens is 290 g/mol. The smallest absolute Gasteiger partial charge is 0.153 e. The third-order valence-corrected chi connectivity index (χ3v) is 3.22. The zero-order valence-corrected chi connectivity index (χ0v) is 12.2. The minimum Gasteiger partial charge on any atom is -0.243 e. The number of nitrogens with one attached hydrogen (secondary N) is 1. The van der Waals surface area contributed by atoms with Crippen molar-refractivity contribution in [2.24, 2.45) is 0 Å². The van der Waals surface area contributed by atoms with Gasteiger partial charge < -0.3 is 0 Å². The quantitative estimate of drug-likeness (QED) is 0.538. The molecular formula is C14H12ClN5O. The maximum Gasteiger partial charge on any atom is 0.153 e. The summed E-state index contributed by atoms with van der Waals surface area (Å²) in [5.41, 5.74) is 5.44. The molecule has 0 unspecified atom stereocenters. The van der Waals surface area contributed by atoms with Crippen molar-refractivity contribution in [3.8, 4) is 0 Å². The minimum atomic E-state index is 0.584. The summed E-state index contributed by atoms with van der Waals surface area (Å²) in [6.45, 7) is 3.98. The van der Waals surface area contributed by atoms with Crippen LogP contribution in [0.1, 0.15) is 11.1 Å². The van der Waals surface area contributed by atoms with E-state index in [9.17, 15) is 0 Å². The van der Waals surface area contributed by atoms with Gasteiger partial charge in [0.1, 0.15) is 16.6 Å². The van der Waals surface area contributed by atoms with Crippen molar-refractivity contribution in [3.05, 3.63) is 46.5 Å². The van der Waals surface area contributed by atoms with Crippen LogP contribution in [0.3, 0.4) is 0 Å². The lowest BCUT2D eigenvalue weighted by Gasteiger charge is -1.91. The monoisotopic (exact) mass is 301 g/mol. The lowest BCUT2D eigenvalue weighted by Crippen LogP contribution is -1.75. The van der Waals surface area contributed by atoms with Gasteiger partial charge in [0.15, 0.2) is 5.52 Å². The average Bonchev–Trinajstić information content (AvgIpc) is 3.06. The van der Waals surface area contributed by atoms with Gasteiger partial charge in [-0.3, -0.25) is 0 Å². The summed E-state index contributed by atoms with van der Waals surface area (Å²) in [6, 6.07) is 9.67. The molecule has 0 saturated heterocycles. The predicted molar refractivity (Wildman–Crippen MR) is 80.2 cm³/mol. The molecule has 0 aliphatic rings. The van der Waals surface area contributed by atoms with Crippen LogP contribution in [0, 0.1) is 13.8 Å². The Morgan fingerprint density at radius 1 is 0.905 bits per heavy atom. The summed E-state index contributed by atoms with van der Waals surface area (Å²) < 4.78 is 4.52. The van der Waals surface area contributed by atoms with Gasteiger partial charge in [-0.1, -0.05) is 17.7 Å². The Morgan fingerprint density at radius 3 is 2.52 bits per heavy atom. The molecule has 0 spiro atoms. The molecule has 0 bridgehead atoms. The molecule has 0 saturated carbocycles. The van der Waals surface area contributed by atoms with Gasteiger partial charge in [0.25, 0.3) is 0 Å². The highest BCUT2D eigenvalue weighted by atomic mass is 35.5. The van der Waals surface area contributed by atoms with E-state index in [2.05, 4.69) is 30.4 Å². The number of hydrogen-bond donors (Lipinski definition) is 1. The Morgan fingerprint density at radius 2 is 1.67 bits per heavy atom. The molecule has 4 rings (SSSR count). The molecule has 4 aromatic rings. The number of aryl methyl sites for hydroxylation is 2. The van der Waals surface area contributed by atoms with Crippen LogP contribution in [0.25, 0.3) is 22.1 Å². The normalized spacial score (nSPS) is 10.6. The first-order valence-corrected chi connectivity index (χ1v) is 6.67. The highest BCUT2D eigenvalue weighted by molar-refractivity contribution is 6.34. The van der Waals surface area contributed by atoms with Gasteiger partial charge >= 0.3 is 0 Å². The molecule has 2 aromatic carbocycles. The van der Waals surface area contributed by atoms with Crippen LogP contribution in [0.15, 0.2) is 35.0 Å². The molecule has 6 nitrogen and oxygen atoms in total. The van der Waals surface area contributed by atoms with Gasteiger partial charge in [-0.25, -0.2) is 4.63 Å². The molecule has 1 N–H and O–H groups in total. The number of aromatic amines is 1. The van der Waals surface area contributed by atoms with E-state index in [0.29, 0.717) is 16.1 Å². The highest BCUT2D eigenvalue weighted by Gasteiger charge is 2.04. The number of hydrogen-bond acceptors (Lipinski definition) is 5. The van der Waals surface area contributed by atoms with Crippen LogP contribution in [-0.4, -0.2) is 25.7 Å². The average molecular weight is 302 g/mol. The molecule has 0 atom stereocenters. The second-order valence-electron chi connectivity index (χ2n) is 4.69. The first-order chi connectivity index (χ1) is 10.1. The van der Waals surface area contributed by atoms with Gasteiger partial charge in [-0.05, 0) is 59.6 Å². The van der Waals surface area contributed by atoms with E-state index in [1.807, 2.05) is 44.2 Å². The van der Waals surface area contributed by atoms with Gasteiger partial charge in [0.2, 0.25) is 0 Å². The van der Waals surface area contributed by atoms with Crippen LogP contribution in [0.5, 0.6) is 0 Å². The molecule has 0 aliphatic carbocycles. The predicted octanol–water partition coefficient (Wildman–Crippen LogP) is 3.45. The molecule has 21 heavy (non-hydrogen) atoms. The van der Waals surface area contributed by atoms with Crippen molar-refractivity contribution in [3.63, 3.8) is 0 Å². The molecule has 106 valence electrons. The van der Waals surface area contributed by atoms with E-state index >= 15 is 0 Å². The van der Waals surface area contributed by atoms with Crippen molar-refractivity contribution < 1.29 is 4.63 Å². The number of rotatable bonds is 0. The zero-order valence-electron chi connectivity index (χ0n) is 11.5. The van der Waals surface area contributed by atoms with Gasteiger partial charge in [-0.15, -0.1) is 0 Å². The molecule has 2 aromatic heterocycles. The fourth-order valence-corrected chi connectivity index (χ4v) is 2.24. The highest BCUT2D eigenvalue weighted by Crippen LogP contribution is 2.21. The lowest BCUT2D eigenvalue weighted by molar-refractivity contribution is 0.315. The molecule has 0 fully saturated rings. The van der Waals surface area contributed by atoms with E-state index in [0.717, 1.165) is 16.6 Å². The maximum absolute atomic E-state index is 5.84. The fourth-order valence-electron chi connectivity index (χ4n) is 1.93. The van der Waals surface area contributed by atoms with E-state index in [1.165, 1.54) is 5.56 Å². The number of benzene rings is 2. The second kappa shape index (κ2) is 5.49. The number of halogens is 1. The van der Waals surface area contributed by atoms with E-state index in [-0.39, 0.29) is 0 Å². The first kappa shape index (κ1) is 13.5. The number of aromatic nitrogens is 5. The Labute approximate surface area is 125 Å². The summed E-state index contributed by atoms with van der Waals surface area (Å²) in [7, 11) is 0. The summed E-state index contributed by atoms with van der Waals surface area (Å²) in [5.74, 6) is 0. The maximum atomic E-state index is 5.84. The number of nitrogens with zero attached hydrogens (tertiary/aromatic N) is 4. The summed E-state index contributed by atoms with van der Waals surface area (Å²) in [5, 5.41) is 18.3. The molecule has 2 heterocycles. The molecule has 0 amide bonds. The Balaban J connectivity index is 0.000000126. The van der Waals surface area contributed by atoms with Crippen LogP contribution < -0.4 is 0 Å². The number of fused-ring (bicyclic) bond motifs is 2. The molecule has 0 aliphatic heterocycles. The minimum absolute atomic E-state index is 0.584. The summed E-state index contributed by atoms with van der Waals surface area (Å²) >= 11 is 5.84. The third-order valence-electron chi connectivity index (χ3n) is 2.93. The Kier molecular flexibility index (Phi) is 3.53. The van der Waals surface area contributed by atoms with Crippen molar-refractivity contribution in [1.82, 2.24) is 25.7 Å². The Hall–Kier alpha value is -2.47. The second-order valence-corrected chi connectivity index (χ2v) is 5.10. The van der Waals surface area contributed by atoms with Crippen LogP contribution in [0.2, 0.25) is 5.02 Å². The van der Waals surface area contributed by atoms with Crippen molar-refractivity contribution >= 4 is 33.7 Å². The fraction of sp³-hybridized carbons (Fsp3) is 0.143. The largest absolute Gasteiger partial charge is 0.243 e. The van der Waals surface area contributed by atoms with E-state index in [4.69, 9.17) is 11.6 Å². The molecule has 7 heteroatoms. The molecule has 0 radical (unpaired) electrons. The SMILES string of the molecule is Cc1cc(Cl)c2nonc2c1.Cc1ccc2n[nH]nc2c1. The Bertz CT molecular complexity index is 899. The lowest BCUT2D eigenvalue weighted by atomic mass is 10.2. The first-order valence-electron chi connectivity index (χ1n) is 6.29. The summed E-state index contributed by atoms with van der Waals surface area (Å²) in [4.78, 5) is 0.